The predicted octanol–water partition coefficient (Wildman–Crippen LogP) is 2.60. The first kappa shape index (κ1) is 19.2. The van der Waals surface area contributed by atoms with E-state index in [0.717, 1.165) is 5.01 Å². The molecule has 0 spiro atoms. The molecule has 1 heterocycles. The van der Waals surface area contributed by atoms with Crippen LogP contribution in [0.3, 0.4) is 0 Å². The Bertz CT molecular complexity index is 926. The summed E-state index contributed by atoms with van der Waals surface area (Å²) in [5.74, 6) is 0.299. The molecule has 2 aromatic carbocycles. The van der Waals surface area contributed by atoms with Gasteiger partial charge in [-0.15, -0.1) is 5.01 Å². The highest BCUT2D eigenvalue weighted by atomic mass is 16.5. The number of hydrazone groups is 1. The Morgan fingerprint density at radius 2 is 1.93 bits per heavy atom. The first-order chi connectivity index (χ1) is 13.4. The number of benzene rings is 2. The fourth-order valence-electron chi connectivity index (χ4n) is 2.88. The number of para-hydroxylation sites is 1. The average Bonchev–Trinajstić information content (AvgIpc) is 2.92. The molecule has 3 rings (SSSR count). The van der Waals surface area contributed by atoms with Crippen molar-refractivity contribution in [3.8, 4) is 17.2 Å². The van der Waals surface area contributed by atoms with Gasteiger partial charge < -0.3 is 19.9 Å². The van der Waals surface area contributed by atoms with Crippen LogP contribution in [0, 0.1) is 0 Å². The number of carbonyl (C=O) groups excluding carboxylic acids is 2. The second-order valence-electron chi connectivity index (χ2n) is 6.27. The molecule has 8 heteroatoms. The van der Waals surface area contributed by atoms with E-state index in [0.29, 0.717) is 29.2 Å². The van der Waals surface area contributed by atoms with E-state index in [4.69, 9.17) is 9.47 Å². The zero-order chi connectivity index (χ0) is 20.3. The molecule has 3 amide bonds. The Balaban J connectivity index is 1.86. The van der Waals surface area contributed by atoms with Gasteiger partial charge >= 0.3 is 6.03 Å². The Morgan fingerprint density at radius 1 is 1.21 bits per heavy atom. The number of rotatable bonds is 6. The molecule has 1 aliphatic heterocycles. The Hall–Kier alpha value is -3.55. The molecule has 1 atom stereocenters. The number of phenols is 1. The molecule has 1 saturated heterocycles. The predicted molar refractivity (Wildman–Crippen MR) is 103 cm³/mol. The minimum atomic E-state index is -1.25. The number of urea groups is 1. The number of phenolic OH excluding ortho intramolecular Hbond substituents is 1. The highest BCUT2D eigenvalue weighted by Crippen LogP contribution is 2.31. The lowest BCUT2D eigenvalue weighted by molar-refractivity contribution is -0.131. The number of carbonyl (C=O) groups is 2. The average molecular weight is 383 g/mol. The van der Waals surface area contributed by atoms with Crippen LogP contribution in [0.4, 0.5) is 4.79 Å². The summed E-state index contributed by atoms with van der Waals surface area (Å²) >= 11 is 0. The van der Waals surface area contributed by atoms with E-state index < -0.39 is 17.5 Å². The molecule has 1 aliphatic rings. The molecule has 2 N–H and O–H groups in total. The quantitative estimate of drug-likeness (QED) is 0.590. The maximum Gasteiger partial charge on any atom is 0.346 e. The number of nitrogens with zero attached hydrogens (tertiary/aromatic N) is 2. The third-order valence-electron chi connectivity index (χ3n) is 4.48. The summed E-state index contributed by atoms with van der Waals surface area (Å²) in [4.78, 5) is 25.2. The number of methoxy groups -OCH3 is 1. The molecule has 0 saturated carbocycles. The van der Waals surface area contributed by atoms with Crippen molar-refractivity contribution in [3.05, 3.63) is 53.6 Å². The lowest BCUT2D eigenvalue weighted by atomic mass is 9.92. The SMILES string of the molecule is CCOc1cccc(/C=N/N2C(=O)NC(C)(c3ccc(OC)cc3)C2=O)c1O. The van der Waals surface area contributed by atoms with Crippen LogP contribution < -0.4 is 14.8 Å². The first-order valence-electron chi connectivity index (χ1n) is 8.70. The van der Waals surface area contributed by atoms with Crippen molar-refractivity contribution < 1.29 is 24.2 Å². The molecule has 0 aromatic heterocycles. The Labute approximate surface area is 162 Å². The van der Waals surface area contributed by atoms with Gasteiger partial charge in [-0.25, -0.2) is 4.79 Å². The molecule has 1 fully saturated rings. The van der Waals surface area contributed by atoms with Crippen LogP contribution in [0.15, 0.2) is 47.6 Å². The summed E-state index contributed by atoms with van der Waals surface area (Å²) in [7, 11) is 1.55. The van der Waals surface area contributed by atoms with Gasteiger partial charge in [-0.3, -0.25) is 4.79 Å². The molecule has 146 valence electrons. The number of hydrogen-bond acceptors (Lipinski definition) is 6. The Morgan fingerprint density at radius 3 is 2.57 bits per heavy atom. The van der Waals surface area contributed by atoms with Crippen LogP contribution >= 0.6 is 0 Å². The van der Waals surface area contributed by atoms with Crippen LogP contribution in [-0.2, 0) is 10.3 Å². The second kappa shape index (κ2) is 7.59. The van der Waals surface area contributed by atoms with E-state index in [1.54, 1.807) is 63.4 Å². The Kier molecular flexibility index (Phi) is 5.21. The van der Waals surface area contributed by atoms with E-state index in [2.05, 4.69) is 10.4 Å². The highest BCUT2D eigenvalue weighted by Gasteiger charge is 2.49. The summed E-state index contributed by atoms with van der Waals surface area (Å²) in [5, 5.41) is 17.6. The van der Waals surface area contributed by atoms with Crippen LogP contribution in [0.1, 0.15) is 25.0 Å². The van der Waals surface area contributed by atoms with E-state index >= 15 is 0 Å². The lowest BCUT2D eigenvalue weighted by Crippen LogP contribution is -2.40. The fraction of sp³-hybridized carbons (Fsp3) is 0.250. The van der Waals surface area contributed by atoms with Crippen LogP contribution in [0.2, 0.25) is 0 Å². The summed E-state index contributed by atoms with van der Waals surface area (Å²) in [6, 6.07) is 11.1. The van der Waals surface area contributed by atoms with Gasteiger partial charge in [-0.1, -0.05) is 18.2 Å². The molecule has 1 unspecified atom stereocenters. The molecule has 0 radical (unpaired) electrons. The molecule has 0 bridgehead atoms. The van der Waals surface area contributed by atoms with Crippen molar-refractivity contribution in [2.75, 3.05) is 13.7 Å². The van der Waals surface area contributed by atoms with Gasteiger partial charge in [-0.2, -0.15) is 5.10 Å². The van der Waals surface area contributed by atoms with E-state index in [9.17, 15) is 14.7 Å². The number of amides is 3. The van der Waals surface area contributed by atoms with Gasteiger partial charge in [0.05, 0.1) is 19.9 Å². The summed E-state index contributed by atoms with van der Waals surface area (Å²) in [6.07, 6.45) is 1.25. The zero-order valence-electron chi connectivity index (χ0n) is 15.8. The molecule has 0 aliphatic carbocycles. The third-order valence-corrected chi connectivity index (χ3v) is 4.48. The van der Waals surface area contributed by atoms with Gasteiger partial charge in [0.1, 0.15) is 11.3 Å². The number of hydrogen-bond donors (Lipinski definition) is 2. The van der Waals surface area contributed by atoms with E-state index in [1.807, 2.05) is 0 Å². The minimum Gasteiger partial charge on any atom is -0.504 e. The van der Waals surface area contributed by atoms with E-state index in [-0.39, 0.29) is 5.75 Å². The van der Waals surface area contributed by atoms with Gasteiger partial charge in [-0.05, 0) is 43.7 Å². The van der Waals surface area contributed by atoms with Gasteiger partial charge in [0.2, 0.25) is 0 Å². The molecule has 8 nitrogen and oxygen atoms in total. The van der Waals surface area contributed by atoms with Crippen LogP contribution in [0.25, 0.3) is 0 Å². The lowest BCUT2D eigenvalue weighted by Gasteiger charge is -2.21. The largest absolute Gasteiger partial charge is 0.504 e. The standard InChI is InChI=1S/C20H21N3O5/c1-4-28-16-7-5-6-13(17(16)24)12-21-23-18(25)20(2,22-19(23)26)14-8-10-15(27-3)11-9-14/h5-12,24H,4H2,1-3H3,(H,22,26)/b21-12+. The maximum atomic E-state index is 12.9. The third kappa shape index (κ3) is 3.36. The number of nitrogens with one attached hydrogen (secondary N) is 1. The second-order valence-corrected chi connectivity index (χ2v) is 6.27. The normalized spacial score (nSPS) is 19.2. The minimum absolute atomic E-state index is 0.113. The van der Waals surface area contributed by atoms with Crippen molar-refractivity contribution in [2.24, 2.45) is 5.10 Å². The fourth-order valence-corrected chi connectivity index (χ4v) is 2.88. The first-order valence-corrected chi connectivity index (χ1v) is 8.70. The van der Waals surface area contributed by atoms with Crippen LogP contribution in [-0.4, -0.2) is 42.0 Å². The number of imide groups is 1. The molecular weight excluding hydrogens is 362 g/mol. The van der Waals surface area contributed by atoms with Crippen molar-refractivity contribution in [1.29, 1.82) is 0 Å². The maximum absolute atomic E-state index is 12.9. The number of aromatic hydroxyl groups is 1. The number of ether oxygens (including phenoxy) is 2. The van der Waals surface area contributed by atoms with Crippen molar-refractivity contribution >= 4 is 18.2 Å². The van der Waals surface area contributed by atoms with Gasteiger partial charge in [0, 0.05) is 5.56 Å². The van der Waals surface area contributed by atoms with E-state index in [1.165, 1.54) is 6.21 Å². The monoisotopic (exact) mass is 383 g/mol. The summed E-state index contributed by atoms with van der Waals surface area (Å²) in [5.41, 5.74) is -0.328. The zero-order valence-corrected chi connectivity index (χ0v) is 15.8. The summed E-state index contributed by atoms with van der Waals surface area (Å²) < 4.78 is 10.4. The van der Waals surface area contributed by atoms with Crippen molar-refractivity contribution in [2.45, 2.75) is 19.4 Å². The molecule has 28 heavy (non-hydrogen) atoms. The molecular formula is C20H21N3O5. The smallest absolute Gasteiger partial charge is 0.346 e. The summed E-state index contributed by atoms with van der Waals surface area (Å²) in [6.45, 7) is 3.80. The van der Waals surface area contributed by atoms with Gasteiger partial charge in [0.25, 0.3) is 5.91 Å². The van der Waals surface area contributed by atoms with Crippen molar-refractivity contribution in [1.82, 2.24) is 10.3 Å². The van der Waals surface area contributed by atoms with Crippen molar-refractivity contribution in [3.63, 3.8) is 0 Å². The molecule has 2 aromatic rings. The highest BCUT2D eigenvalue weighted by molar-refractivity contribution is 6.07. The van der Waals surface area contributed by atoms with Gasteiger partial charge in [0.15, 0.2) is 11.5 Å². The van der Waals surface area contributed by atoms with Crippen LogP contribution in [0.5, 0.6) is 17.2 Å². The topological polar surface area (TPSA) is 100 Å².